The molecule has 0 spiro atoms. The van der Waals surface area contributed by atoms with Gasteiger partial charge in [-0.25, -0.2) is 0 Å². The molecule has 0 aliphatic carbocycles. The summed E-state index contributed by atoms with van der Waals surface area (Å²) in [4.78, 5) is 11.6. The number of rotatable bonds is 3. The highest BCUT2D eigenvalue weighted by Crippen LogP contribution is 1.75. The number of nitrogens with zero attached hydrogens (tertiary/aromatic N) is 1. The number of aliphatic hydroxyl groups is 1. The van der Waals surface area contributed by atoms with Crippen LogP contribution in [-0.2, 0) is 4.79 Å². The third-order valence-electron chi connectivity index (χ3n) is 0.961. The molecule has 9 heavy (non-hydrogen) atoms. The average molecular weight is 133 g/mol. The van der Waals surface area contributed by atoms with Crippen LogP contribution in [0.4, 0.5) is 0 Å². The zero-order chi connectivity index (χ0) is 7.70. The third-order valence-corrected chi connectivity index (χ3v) is 0.961. The van der Waals surface area contributed by atoms with E-state index in [1.807, 2.05) is 13.8 Å². The van der Waals surface area contributed by atoms with Crippen LogP contribution in [0, 0.1) is 0 Å². The first kappa shape index (κ1) is 11.3. The van der Waals surface area contributed by atoms with Crippen molar-refractivity contribution >= 4 is 6.41 Å². The second-order valence-electron chi connectivity index (χ2n) is 1.33. The van der Waals surface area contributed by atoms with E-state index in [9.17, 15) is 4.79 Å². The molecule has 0 aliphatic rings. The molecule has 0 rings (SSSR count). The molecule has 3 nitrogen and oxygen atoms in total. The van der Waals surface area contributed by atoms with E-state index >= 15 is 0 Å². The first-order chi connectivity index (χ1) is 4.35. The fourth-order valence-electron chi connectivity index (χ4n) is 0.373. The van der Waals surface area contributed by atoms with Gasteiger partial charge in [-0.3, -0.25) is 4.79 Å². The highest BCUT2D eigenvalue weighted by Gasteiger charge is 1.87. The monoisotopic (exact) mass is 133 g/mol. The summed E-state index contributed by atoms with van der Waals surface area (Å²) in [5.41, 5.74) is 0. The Morgan fingerprint density at radius 2 is 1.67 bits per heavy atom. The summed E-state index contributed by atoms with van der Waals surface area (Å²) in [6.45, 7) is 5.55. The summed E-state index contributed by atoms with van der Waals surface area (Å²) in [6.07, 6.45) is 0.861. The van der Waals surface area contributed by atoms with Gasteiger partial charge in [0.25, 0.3) is 0 Å². The van der Waals surface area contributed by atoms with Gasteiger partial charge >= 0.3 is 0 Å². The topological polar surface area (TPSA) is 40.5 Å². The van der Waals surface area contributed by atoms with Crippen molar-refractivity contribution < 1.29 is 9.90 Å². The molecule has 3 heteroatoms. The molecule has 0 aromatic carbocycles. The zero-order valence-corrected chi connectivity index (χ0v) is 6.29. The molecule has 1 amide bonds. The van der Waals surface area contributed by atoms with E-state index in [-0.39, 0.29) is 0 Å². The van der Waals surface area contributed by atoms with Crippen LogP contribution in [-0.4, -0.2) is 36.6 Å². The van der Waals surface area contributed by atoms with Crippen molar-refractivity contribution in [3.63, 3.8) is 0 Å². The predicted octanol–water partition coefficient (Wildman–Crippen LogP) is 0.0931. The molecule has 1 N–H and O–H groups in total. The molecule has 0 heterocycles. The van der Waals surface area contributed by atoms with Gasteiger partial charge in [-0.2, -0.15) is 0 Å². The minimum atomic E-state index is 0.819. The minimum absolute atomic E-state index is 0.819. The van der Waals surface area contributed by atoms with Gasteiger partial charge in [-0.15, -0.1) is 0 Å². The summed E-state index contributed by atoms with van der Waals surface area (Å²) >= 11 is 0. The molecule has 0 aromatic heterocycles. The lowest BCUT2D eigenvalue weighted by Gasteiger charge is -2.08. The average Bonchev–Trinajstić information content (AvgIpc) is 1.96. The largest absolute Gasteiger partial charge is 0.400 e. The maximum atomic E-state index is 9.89. The van der Waals surface area contributed by atoms with Gasteiger partial charge in [0.2, 0.25) is 6.41 Å². The van der Waals surface area contributed by atoms with E-state index in [0.717, 1.165) is 26.6 Å². The maximum absolute atomic E-state index is 9.89. The number of hydrogen-bond donors (Lipinski definition) is 1. The van der Waals surface area contributed by atoms with E-state index in [2.05, 4.69) is 0 Å². The Kier molecular flexibility index (Phi) is 13.0. The summed E-state index contributed by atoms with van der Waals surface area (Å²) in [7, 11) is 1.00. The fourth-order valence-corrected chi connectivity index (χ4v) is 0.373. The van der Waals surface area contributed by atoms with Gasteiger partial charge in [0.15, 0.2) is 0 Å². The number of aliphatic hydroxyl groups excluding tert-OH is 1. The molecule has 56 valence electrons. The molecule has 0 bridgehead atoms. The maximum Gasteiger partial charge on any atom is 0.209 e. The normalized spacial score (nSPS) is 7.11. The lowest BCUT2D eigenvalue weighted by molar-refractivity contribution is -0.117. The first-order valence-corrected chi connectivity index (χ1v) is 2.99. The Bertz CT molecular complexity index is 53.0. The second kappa shape index (κ2) is 10.4. The molecule has 0 atom stereocenters. The molecular formula is C6H15NO2. The zero-order valence-electron chi connectivity index (χ0n) is 6.29. The van der Waals surface area contributed by atoms with Crippen molar-refractivity contribution in [1.29, 1.82) is 0 Å². The van der Waals surface area contributed by atoms with Crippen molar-refractivity contribution in [2.75, 3.05) is 20.2 Å². The Labute approximate surface area is 56.3 Å². The van der Waals surface area contributed by atoms with Gasteiger partial charge in [0.05, 0.1) is 0 Å². The van der Waals surface area contributed by atoms with Gasteiger partial charge in [0, 0.05) is 20.2 Å². The molecule has 0 aliphatic heterocycles. The van der Waals surface area contributed by atoms with Gasteiger partial charge in [-0.1, -0.05) is 0 Å². The molecule has 0 fully saturated rings. The molecule has 0 radical (unpaired) electrons. The van der Waals surface area contributed by atoms with Crippen LogP contribution >= 0.6 is 0 Å². The SMILES string of the molecule is CCN(C=O)CC.CO. The summed E-state index contributed by atoms with van der Waals surface area (Å²) in [5.74, 6) is 0. The van der Waals surface area contributed by atoms with E-state index in [1.165, 1.54) is 0 Å². The number of amides is 1. The number of carbonyl (C=O) groups excluding carboxylic acids is 1. The van der Waals surface area contributed by atoms with Gasteiger partial charge in [0.1, 0.15) is 0 Å². The Morgan fingerprint density at radius 3 is 1.67 bits per heavy atom. The van der Waals surface area contributed by atoms with Gasteiger partial charge < -0.3 is 10.0 Å². The Balaban J connectivity index is 0. The van der Waals surface area contributed by atoms with Crippen LogP contribution in [0.25, 0.3) is 0 Å². The van der Waals surface area contributed by atoms with Crippen LogP contribution in [0.1, 0.15) is 13.8 Å². The van der Waals surface area contributed by atoms with Crippen molar-refractivity contribution in [3.05, 3.63) is 0 Å². The minimum Gasteiger partial charge on any atom is -0.400 e. The highest BCUT2D eigenvalue weighted by atomic mass is 16.2. The lowest BCUT2D eigenvalue weighted by atomic mass is 10.6. The fraction of sp³-hybridized carbons (Fsp3) is 0.833. The van der Waals surface area contributed by atoms with Crippen LogP contribution in [0.2, 0.25) is 0 Å². The van der Waals surface area contributed by atoms with Crippen LogP contribution in [0.15, 0.2) is 0 Å². The Hall–Kier alpha value is -0.570. The van der Waals surface area contributed by atoms with Crippen LogP contribution < -0.4 is 0 Å². The molecular weight excluding hydrogens is 118 g/mol. The summed E-state index contributed by atoms with van der Waals surface area (Å²) < 4.78 is 0. The predicted molar refractivity (Wildman–Crippen MR) is 37.1 cm³/mol. The van der Waals surface area contributed by atoms with Crippen LogP contribution in [0.3, 0.4) is 0 Å². The Morgan fingerprint density at radius 1 is 1.33 bits per heavy atom. The van der Waals surface area contributed by atoms with E-state index in [1.54, 1.807) is 4.90 Å². The molecule has 0 aromatic rings. The third kappa shape index (κ3) is 7.43. The van der Waals surface area contributed by atoms with Crippen LogP contribution in [0.5, 0.6) is 0 Å². The lowest BCUT2D eigenvalue weighted by Crippen LogP contribution is -2.19. The van der Waals surface area contributed by atoms with Crippen molar-refractivity contribution in [3.8, 4) is 0 Å². The number of hydrogen-bond acceptors (Lipinski definition) is 2. The summed E-state index contributed by atoms with van der Waals surface area (Å²) in [6, 6.07) is 0. The standard InChI is InChI=1S/C5H11NO.CH4O/c1-3-6(4-2)5-7;1-2/h5H,3-4H2,1-2H3;2H,1H3. The van der Waals surface area contributed by atoms with E-state index in [0.29, 0.717) is 0 Å². The van der Waals surface area contributed by atoms with Gasteiger partial charge in [-0.05, 0) is 13.8 Å². The molecule has 0 saturated carbocycles. The van der Waals surface area contributed by atoms with Crippen molar-refractivity contribution in [2.45, 2.75) is 13.8 Å². The van der Waals surface area contributed by atoms with E-state index < -0.39 is 0 Å². The number of carbonyl (C=O) groups is 1. The smallest absolute Gasteiger partial charge is 0.209 e. The van der Waals surface area contributed by atoms with E-state index in [4.69, 9.17) is 5.11 Å². The second-order valence-corrected chi connectivity index (χ2v) is 1.33. The highest BCUT2D eigenvalue weighted by molar-refractivity contribution is 5.46. The molecule has 0 unspecified atom stereocenters. The summed E-state index contributed by atoms with van der Waals surface area (Å²) in [5, 5.41) is 7.00. The van der Waals surface area contributed by atoms with Crippen molar-refractivity contribution in [1.82, 2.24) is 4.90 Å². The molecule has 0 saturated heterocycles. The quantitative estimate of drug-likeness (QED) is 0.554. The first-order valence-electron chi connectivity index (χ1n) is 2.99. The van der Waals surface area contributed by atoms with Crippen molar-refractivity contribution in [2.24, 2.45) is 0 Å².